The van der Waals surface area contributed by atoms with Crippen LogP contribution < -0.4 is 0 Å². The Balaban J connectivity index is 3.28. The van der Waals surface area contributed by atoms with Gasteiger partial charge in [0.1, 0.15) is 10.7 Å². The van der Waals surface area contributed by atoms with E-state index in [1.807, 2.05) is 0 Å². The second kappa shape index (κ2) is 5.67. The second-order valence-corrected chi connectivity index (χ2v) is 3.51. The van der Waals surface area contributed by atoms with E-state index in [0.29, 0.717) is 0 Å². The zero-order valence-corrected chi connectivity index (χ0v) is 9.78. The molecule has 1 heterocycles. The Bertz CT molecular complexity index is 496. The third-order valence-corrected chi connectivity index (χ3v) is 2.30. The van der Waals surface area contributed by atoms with E-state index in [2.05, 4.69) is 9.72 Å². The van der Waals surface area contributed by atoms with Gasteiger partial charge >= 0.3 is 5.97 Å². The molecule has 0 saturated heterocycles. The summed E-state index contributed by atoms with van der Waals surface area (Å²) in [6, 6.07) is 0.782. The Hall–Kier alpha value is -1.83. The van der Waals surface area contributed by atoms with Gasteiger partial charge in [0.2, 0.25) is 0 Å². The van der Waals surface area contributed by atoms with Crippen LogP contribution in [0.3, 0.4) is 0 Å². The topological polar surface area (TPSA) is 82.3 Å². The molecule has 0 radical (unpaired) electrons. The molecule has 0 amide bonds. The number of rotatable bonds is 4. The lowest BCUT2D eigenvalue weighted by atomic mass is 10.2. The van der Waals surface area contributed by atoms with Crippen molar-refractivity contribution >= 4 is 23.3 Å². The highest BCUT2D eigenvalue weighted by Gasteiger charge is 2.27. The molecule has 0 aliphatic heterocycles. The van der Waals surface area contributed by atoms with Crippen LogP contribution in [-0.4, -0.2) is 23.0 Å². The first-order valence-electron chi connectivity index (χ1n) is 4.55. The van der Waals surface area contributed by atoms with E-state index < -0.39 is 33.7 Å². The number of carbonyl (C=O) groups is 1. The predicted octanol–water partition coefficient (Wildman–Crippen LogP) is 2.30. The monoisotopic (exact) mass is 280 g/mol. The molecular formula is C9H7ClF2N2O4. The summed E-state index contributed by atoms with van der Waals surface area (Å²) in [5.41, 5.74) is -1.94. The first kappa shape index (κ1) is 14.2. The van der Waals surface area contributed by atoms with Gasteiger partial charge in [-0.2, -0.15) is 0 Å². The van der Waals surface area contributed by atoms with E-state index in [0.717, 1.165) is 13.2 Å². The van der Waals surface area contributed by atoms with Gasteiger partial charge in [-0.15, -0.1) is 0 Å². The lowest BCUT2D eigenvalue weighted by molar-refractivity contribution is -0.386. The Kier molecular flexibility index (Phi) is 4.49. The number of aromatic nitrogens is 1. The maximum Gasteiger partial charge on any atom is 0.311 e. The normalized spacial score (nSPS) is 10.5. The van der Waals surface area contributed by atoms with Gasteiger partial charge in [0, 0.05) is 6.07 Å². The van der Waals surface area contributed by atoms with E-state index in [9.17, 15) is 23.7 Å². The van der Waals surface area contributed by atoms with Crippen molar-refractivity contribution < 1.29 is 23.2 Å². The van der Waals surface area contributed by atoms with Gasteiger partial charge in [-0.05, 0) is 0 Å². The number of hydrogen-bond acceptors (Lipinski definition) is 5. The van der Waals surface area contributed by atoms with E-state index in [1.165, 1.54) is 0 Å². The third kappa shape index (κ3) is 3.10. The minimum Gasteiger partial charge on any atom is -0.469 e. The van der Waals surface area contributed by atoms with Crippen LogP contribution in [0.4, 0.5) is 14.5 Å². The SMILES string of the molecule is COC(=O)Cc1cc([N+](=O)[O-])c(C(F)F)c(Cl)n1. The van der Waals surface area contributed by atoms with Crippen molar-refractivity contribution in [3.05, 3.63) is 32.6 Å². The highest BCUT2D eigenvalue weighted by Crippen LogP contribution is 2.34. The molecule has 18 heavy (non-hydrogen) atoms. The molecule has 1 aromatic heterocycles. The fraction of sp³-hybridized carbons (Fsp3) is 0.333. The van der Waals surface area contributed by atoms with E-state index in [4.69, 9.17) is 11.6 Å². The number of esters is 1. The molecule has 0 bridgehead atoms. The Morgan fingerprint density at radius 1 is 1.67 bits per heavy atom. The molecule has 1 aromatic rings. The van der Waals surface area contributed by atoms with Crippen LogP contribution >= 0.6 is 11.6 Å². The molecule has 1 rings (SSSR count). The van der Waals surface area contributed by atoms with Gasteiger partial charge < -0.3 is 4.74 Å². The van der Waals surface area contributed by atoms with Crippen LogP contribution in [0.2, 0.25) is 5.15 Å². The molecule has 0 aliphatic carbocycles. The quantitative estimate of drug-likeness (QED) is 0.366. The molecule has 0 fully saturated rings. The number of methoxy groups -OCH3 is 1. The molecule has 6 nitrogen and oxygen atoms in total. The number of ether oxygens (including phenoxy) is 1. The largest absolute Gasteiger partial charge is 0.469 e. The van der Waals surface area contributed by atoms with Crippen molar-refractivity contribution in [3.63, 3.8) is 0 Å². The van der Waals surface area contributed by atoms with Gasteiger partial charge in [-0.1, -0.05) is 11.6 Å². The zero-order chi connectivity index (χ0) is 13.9. The fourth-order valence-electron chi connectivity index (χ4n) is 1.22. The molecule has 98 valence electrons. The van der Waals surface area contributed by atoms with Gasteiger partial charge in [0.15, 0.2) is 0 Å². The third-order valence-electron chi connectivity index (χ3n) is 2.01. The predicted molar refractivity (Wildman–Crippen MR) is 56.6 cm³/mol. The van der Waals surface area contributed by atoms with Crippen molar-refractivity contribution in [2.75, 3.05) is 7.11 Å². The van der Waals surface area contributed by atoms with E-state index in [1.54, 1.807) is 0 Å². The first-order chi connectivity index (χ1) is 8.36. The fourth-order valence-corrected chi connectivity index (χ4v) is 1.51. The smallest absolute Gasteiger partial charge is 0.311 e. The molecule has 9 heteroatoms. The summed E-state index contributed by atoms with van der Waals surface area (Å²) in [7, 11) is 1.12. The lowest BCUT2D eigenvalue weighted by Crippen LogP contribution is -2.08. The van der Waals surface area contributed by atoms with E-state index in [-0.39, 0.29) is 12.1 Å². The van der Waals surface area contributed by atoms with Crippen molar-refractivity contribution in [2.24, 2.45) is 0 Å². The van der Waals surface area contributed by atoms with Crippen molar-refractivity contribution in [1.29, 1.82) is 0 Å². The summed E-state index contributed by atoms with van der Waals surface area (Å²) in [5.74, 6) is -0.710. The summed E-state index contributed by atoms with van der Waals surface area (Å²) < 4.78 is 29.5. The minimum absolute atomic E-state index is 0.108. The minimum atomic E-state index is -3.13. The van der Waals surface area contributed by atoms with Crippen LogP contribution in [0, 0.1) is 10.1 Å². The number of nitro groups is 1. The summed E-state index contributed by atoms with van der Waals surface area (Å²) in [6.45, 7) is 0. The average Bonchev–Trinajstić information content (AvgIpc) is 2.27. The maximum atomic E-state index is 12.6. The number of halogens is 3. The maximum absolute atomic E-state index is 12.6. The van der Waals surface area contributed by atoms with Gasteiger partial charge in [-0.3, -0.25) is 14.9 Å². The molecular weight excluding hydrogens is 274 g/mol. The second-order valence-electron chi connectivity index (χ2n) is 3.15. The Labute approximate surface area is 105 Å². The molecule has 0 saturated carbocycles. The molecule has 0 aromatic carbocycles. The average molecular weight is 281 g/mol. The summed E-state index contributed by atoms with van der Waals surface area (Å²) >= 11 is 5.45. The lowest BCUT2D eigenvalue weighted by Gasteiger charge is -2.06. The first-order valence-corrected chi connectivity index (χ1v) is 4.93. The molecule has 0 aliphatic rings. The number of pyridine rings is 1. The van der Waals surface area contributed by atoms with Gasteiger partial charge in [-0.25, -0.2) is 13.8 Å². The highest BCUT2D eigenvalue weighted by molar-refractivity contribution is 6.30. The van der Waals surface area contributed by atoms with Crippen molar-refractivity contribution in [1.82, 2.24) is 4.98 Å². The summed E-state index contributed by atoms with van der Waals surface area (Å²) in [4.78, 5) is 24.1. The van der Waals surface area contributed by atoms with Crippen molar-refractivity contribution in [3.8, 4) is 0 Å². The molecule has 0 unspecified atom stereocenters. The standard InChI is InChI=1S/C9H7ClF2N2O4/c1-18-6(15)3-4-2-5(14(16)17)7(9(11)12)8(10)13-4/h2,9H,3H2,1H3. The van der Waals surface area contributed by atoms with Crippen LogP contribution in [0.15, 0.2) is 6.07 Å². The molecule has 0 N–H and O–H groups in total. The van der Waals surface area contributed by atoms with Gasteiger partial charge in [0.25, 0.3) is 12.1 Å². The molecule has 0 spiro atoms. The van der Waals surface area contributed by atoms with Crippen LogP contribution in [0.25, 0.3) is 0 Å². The highest BCUT2D eigenvalue weighted by atomic mass is 35.5. The van der Waals surface area contributed by atoms with Crippen LogP contribution in [-0.2, 0) is 16.0 Å². The van der Waals surface area contributed by atoms with Crippen LogP contribution in [0.5, 0.6) is 0 Å². The van der Waals surface area contributed by atoms with Crippen LogP contribution in [0.1, 0.15) is 17.7 Å². The number of alkyl halides is 2. The zero-order valence-electron chi connectivity index (χ0n) is 9.02. The Morgan fingerprint density at radius 2 is 2.28 bits per heavy atom. The summed E-state index contributed by atoms with van der Waals surface area (Å²) in [5, 5.41) is 9.96. The number of hydrogen-bond donors (Lipinski definition) is 0. The van der Waals surface area contributed by atoms with E-state index >= 15 is 0 Å². The summed E-state index contributed by atoms with van der Waals surface area (Å²) in [6.07, 6.45) is -3.52. The van der Waals surface area contributed by atoms with Crippen molar-refractivity contribution in [2.45, 2.75) is 12.8 Å². The number of nitrogens with zero attached hydrogens (tertiary/aromatic N) is 2. The number of carbonyl (C=O) groups excluding carboxylic acids is 1. The Morgan fingerprint density at radius 3 is 2.72 bits per heavy atom. The molecule has 0 atom stereocenters. The van der Waals surface area contributed by atoms with Gasteiger partial charge in [0.05, 0.1) is 24.1 Å².